The number of anilines is 3. The maximum absolute atomic E-state index is 2.45. The highest BCUT2D eigenvalue weighted by Gasteiger charge is 2.20. The third kappa shape index (κ3) is 5.27. The van der Waals surface area contributed by atoms with E-state index >= 15 is 0 Å². The summed E-state index contributed by atoms with van der Waals surface area (Å²) in [5.74, 6) is 0. The van der Waals surface area contributed by atoms with Gasteiger partial charge in [0, 0.05) is 17.1 Å². The highest BCUT2D eigenvalue weighted by atomic mass is 15.1. The van der Waals surface area contributed by atoms with Crippen molar-refractivity contribution in [1.82, 2.24) is 0 Å². The molecule has 282 valence electrons. The van der Waals surface area contributed by atoms with Gasteiger partial charge in [0.1, 0.15) is 0 Å². The van der Waals surface area contributed by atoms with Gasteiger partial charge in [0.25, 0.3) is 0 Å². The summed E-state index contributed by atoms with van der Waals surface area (Å²) in [6.07, 6.45) is 0. The van der Waals surface area contributed by atoms with Gasteiger partial charge < -0.3 is 4.90 Å². The molecule has 0 aliphatic rings. The first-order valence-corrected chi connectivity index (χ1v) is 21.2. The van der Waals surface area contributed by atoms with Gasteiger partial charge in [0.05, 0.1) is 0 Å². The van der Waals surface area contributed by atoms with E-state index in [1.54, 1.807) is 0 Å². The molecule has 13 rings (SSSR count). The molecule has 0 saturated heterocycles. The van der Waals surface area contributed by atoms with E-state index in [-0.39, 0.29) is 0 Å². The standard InChI is InChI=1S/C60H37N/c1-2-9-38(10-3-1)39-25-30-48(31-26-39)61(49-32-27-40(28-33-49)45-29-34-52-46(35-45)23-19-41-11-4-5-15-51(41)52)50-36-47-24-22-44-13-7-17-54-53-16-6-12-42-20-21-43-14-8-18-55(59(43)57(42)53)56(37-50)60(47)58(44)54/h1-37H. The zero-order valence-electron chi connectivity index (χ0n) is 33.3. The van der Waals surface area contributed by atoms with Crippen molar-refractivity contribution in [3.8, 4) is 22.3 Å². The summed E-state index contributed by atoms with van der Waals surface area (Å²) >= 11 is 0. The Bertz CT molecular complexity index is 3840. The normalized spacial score (nSPS) is 11.9. The van der Waals surface area contributed by atoms with Crippen molar-refractivity contribution in [1.29, 1.82) is 0 Å². The van der Waals surface area contributed by atoms with E-state index in [9.17, 15) is 0 Å². The zero-order chi connectivity index (χ0) is 40.0. The molecular formula is C60H37N. The van der Waals surface area contributed by atoms with Crippen molar-refractivity contribution in [2.45, 2.75) is 0 Å². The Morgan fingerprint density at radius 3 is 1.26 bits per heavy atom. The minimum Gasteiger partial charge on any atom is -0.310 e. The summed E-state index contributed by atoms with van der Waals surface area (Å²) in [5, 5.41) is 20.4. The fraction of sp³-hybridized carbons (Fsp3) is 0. The molecule has 0 aliphatic heterocycles. The van der Waals surface area contributed by atoms with E-state index in [2.05, 4.69) is 229 Å². The van der Waals surface area contributed by atoms with Crippen LogP contribution in [0.5, 0.6) is 0 Å². The van der Waals surface area contributed by atoms with Gasteiger partial charge in [-0.3, -0.25) is 0 Å². The SMILES string of the molecule is c1ccc(-c2ccc(N(c3ccc(-c4ccc5c(ccc6ccccc65)c4)cc3)c3cc4ccc5cccc6c7cccc8ccc9cccc(c(c3)c4c56)c9c87)cc2)cc1. The van der Waals surface area contributed by atoms with Gasteiger partial charge in [0.2, 0.25) is 0 Å². The highest BCUT2D eigenvalue weighted by Crippen LogP contribution is 2.46. The predicted octanol–water partition coefficient (Wildman–Crippen LogP) is 17.2. The van der Waals surface area contributed by atoms with Crippen molar-refractivity contribution in [2.75, 3.05) is 4.90 Å². The van der Waals surface area contributed by atoms with Crippen LogP contribution < -0.4 is 4.90 Å². The summed E-state index contributed by atoms with van der Waals surface area (Å²) in [7, 11) is 0. The molecule has 13 aromatic carbocycles. The topological polar surface area (TPSA) is 3.24 Å². The third-order valence-electron chi connectivity index (χ3n) is 13.1. The van der Waals surface area contributed by atoms with E-state index in [4.69, 9.17) is 0 Å². The average Bonchev–Trinajstić information content (AvgIpc) is 3.33. The Hall–Kier alpha value is -8.00. The quantitative estimate of drug-likeness (QED) is 0.158. The van der Waals surface area contributed by atoms with Gasteiger partial charge >= 0.3 is 0 Å². The summed E-state index contributed by atoms with van der Waals surface area (Å²) < 4.78 is 0. The second-order valence-electron chi connectivity index (χ2n) is 16.5. The summed E-state index contributed by atoms with van der Waals surface area (Å²) in [6.45, 7) is 0. The van der Waals surface area contributed by atoms with Crippen LogP contribution in [0.3, 0.4) is 0 Å². The molecule has 0 atom stereocenters. The van der Waals surface area contributed by atoms with Crippen LogP contribution >= 0.6 is 0 Å². The van der Waals surface area contributed by atoms with Crippen molar-refractivity contribution in [3.05, 3.63) is 224 Å². The molecule has 13 aromatic rings. The molecule has 0 saturated carbocycles. The molecule has 0 aliphatic carbocycles. The van der Waals surface area contributed by atoms with Gasteiger partial charge in [0.15, 0.2) is 0 Å². The number of fused-ring (bicyclic) bond motifs is 5. The predicted molar refractivity (Wildman–Crippen MR) is 263 cm³/mol. The molecule has 0 heterocycles. The molecule has 0 amide bonds. The van der Waals surface area contributed by atoms with Gasteiger partial charge in [-0.1, -0.05) is 182 Å². The van der Waals surface area contributed by atoms with Crippen molar-refractivity contribution >= 4 is 103 Å². The lowest BCUT2D eigenvalue weighted by Crippen LogP contribution is -2.10. The number of benzene rings is 12. The minimum atomic E-state index is 1.10. The number of nitrogens with zero attached hydrogens (tertiary/aromatic N) is 1. The Morgan fingerprint density at radius 1 is 0.197 bits per heavy atom. The molecule has 0 spiro atoms. The second kappa shape index (κ2) is 13.3. The lowest BCUT2D eigenvalue weighted by atomic mass is 9.87. The molecule has 0 bridgehead atoms. The van der Waals surface area contributed by atoms with E-state index in [1.807, 2.05) is 0 Å². The fourth-order valence-corrected chi connectivity index (χ4v) is 10.3. The van der Waals surface area contributed by atoms with Crippen molar-refractivity contribution in [2.24, 2.45) is 0 Å². The largest absolute Gasteiger partial charge is 0.310 e. The summed E-state index contributed by atoms with van der Waals surface area (Å²) in [6, 6.07) is 83.3. The maximum atomic E-state index is 2.45. The molecule has 0 aromatic heterocycles. The van der Waals surface area contributed by atoms with Crippen LogP contribution in [-0.2, 0) is 0 Å². The lowest BCUT2D eigenvalue weighted by molar-refractivity contribution is 1.29. The van der Waals surface area contributed by atoms with Crippen LogP contribution in [0.25, 0.3) is 108 Å². The van der Waals surface area contributed by atoms with Gasteiger partial charge in [-0.05, 0) is 151 Å². The zero-order valence-corrected chi connectivity index (χ0v) is 33.3. The number of rotatable bonds is 5. The maximum Gasteiger partial charge on any atom is 0.0474 e. The molecule has 0 N–H and O–H groups in total. The van der Waals surface area contributed by atoms with Crippen molar-refractivity contribution < 1.29 is 0 Å². The Labute approximate surface area is 353 Å². The molecule has 0 radical (unpaired) electrons. The monoisotopic (exact) mass is 771 g/mol. The summed E-state index contributed by atoms with van der Waals surface area (Å²) in [4.78, 5) is 2.44. The van der Waals surface area contributed by atoms with E-state index < -0.39 is 0 Å². The Balaban J connectivity index is 1.05. The molecular weight excluding hydrogens is 735 g/mol. The number of hydrogen-bond acceptors (Lipinski definition) is 1. The highest BCUT2D eigenvalue weighted by molar-refractivity contribution is 6.37. The molecule has 0 fully saturated rings. The van der Waals surface area contributed by atoms with Crippen LogP contribution in [0.15, 0.2) is 224 Å². The number of hydrogen-bond donors (Lipinski definition) is 0. The minimum absolute atomic E-state index is 1.10. The smallest absolute Gasteiger partial charge is 0.0474 e. The van der Waals surface area contributed by atoms with Crippen molar-refractivity contribution in [3.63, 3.8) is 0 Å². The van der Waals surface area contributed by atoms with Crippen LogP contribution in [0.4, 0.5) is 17.1 Å². The lowest BCUT2D eigenvalue weighted by Gasteiger charge is -2.27. The van der Waals surface area contributed by atoms with E-state index in [0.29, 0.717) is 0 Å². The summed E-state index contributed by atoms with van der Waals surface area (Å²) in [5.41, 5.74) is 8.14. The first kappa shape index (κ1) is 33.9. The fourth-order valence-electron chi connectivity index (χ4n) is 10.3. The third-order valence-corrected chi connectivity index (χ3v) is 13.1. The van der Waals surface area contributed by atoms with Gasteiger partial charge in [-0.25, -0.2) is 0 Å². The Morgan fingerprint density at radius 2 is 0.623 bits per heavy atom. The molecule has 1 nitrogen and oxygen atoms in total. The van der Waals surface area contributed by atoms with Gasteiger partial charge in [-0.15, -0.1) is 0 Å². The first-order chi connectivity index (χ1) is 30.2. The first-order valence-electron chi connectivity index (χ1n) is 21.2. The molecule has 61 heavy (non-hydrogen) atoms. The van der Waals surface area contributed by atoms with Gasteiger partial charge in [-0.2, -0.15) is 0 Å². The molecule has 0 unspecified atom stereocenters. The average molecular weight is 772 g/mol. The Kier molecular flexibility index (Phi) is 7.37. The van der Waals surface area contributed by atoms with E-state index in [1.165, 1.54) is 108 Å². The molecule has 1 heteroatoms. The van der Waals surface area contributed by atoms with Crippen LogP contribution in [-0.4, -0.2) is 0 Å². The van der Waals surface area contributed by atoms with Crippen LogP contribution in [0.2, 0.25) is 0 Å². The van der Waals surface area contributed by atoms with Crippen LogP contribution in [0, 0.1) is 0 Å². The van der Waals surface area contributed by atoms with Crippen LogP contribution in [0.1, 0.15) is 0 Å². The van der Waals surface area contributed by atoms with E-state index in [0.717, 1.165) is 17.1 Å². The second-order valence-corrected chi connectivity index (χ2v) is 16.5.